The Labute approximate surface area is 238 Å². The lowest BCUT2D eigenvalue weighted by Gasteiger charge is -2.41. The van der Waals surface area contributed by atoms with Crippen LogP contribution in [-0.2, 0) is 12.4 Å². The van der Waals surface area contributed by atoms with Crippen LogP contribution < -0.4 is 9.80 Å². The van der Waals surface area contributed by atoms with E-state index in [1.54, 1.807) is 11.8 Å². The van der Waals surface area contributed by atoms with Crippen molar-refractivity contribution >= 4 is 22.8 Å². The number of anilines is 2. The quantitative estimate of drug-likeness (QED) is 0.144. The van der Waals surface area contributed by atoms with Crippen LogP contribution in [0.2, 0.25) is 0 Å². The fourth-order valence-corrected chi connectivity index (χ4v) is 5.03. The van der Waals surface area contributed by atoms with E-state index in [9.17, 15) is 44.6 Å². The van der Waals surface area contributed by atoms with Crippen molar-refractivity contribution in [1.82, 2.24) is 15.0 Å². The lowest BCUT2D eigenvalue weighted by Crippen LogP contribution is -2.53. The topological polar surface area (TPSA) is 68.3 Å². The Morgan fingerprint density at radius 3 is 2.26 bits per heavy atom. The maximum Gasteiger partial charge on any atom is 0.419 e. The van der Waals surface area contributed by atoms with Gasteiger partial charge in [-0.15, -0.1) is 6.58 Å². The van der Waals surface area contributed by atoms with Gasteiger partial charge in [-0.1, -0.05) is 6.08 Å². The third-order valence-electron chi connectivity index (χ3n) is 7.15. The average molecular weight is 616 g/mol. The zero-order chi connectivity index (χ0) is 31.4. The molecule has 1 aliphatic heterocycles. The number of aromatic amines is 1. The van der Waals surface area contributed by atoms with Crippen LogP contribution in [0.25, 0.3) is 22.2 Å². The van der Waals surface area contributed by atoms with Gasteiger partial charge in [0.25, 0.3) is 0 Å². The zero-order valence-electron chi connectivity index (χ0n) is 22.2. The second-order valence-electron chi connectivity index (χ2n) is 10.0. The molecule has 43 heavy (non-hydrogen) atoms. The van der Waals surface area contributed by atoms with Crippen molar-refractivity contribution in [2.75, 3.05) is 29.4 Å². The van der Waals surface area contributed by atoms with Gasteiger partial charge in [0.15, 0.2) is 17.5 Å². The van der Waals surface area contributed by atoms with E-state index in [4.69, 9.17) is 0 Å². The highest BCUT2D eigenvalue weighted by Crippen LogP contribution is 2.40. The van der Waals surface area contributed by atoms with E-state index in [0.29, 0.717) is 18.2 Å². The highest BCUT2D eigenvalue weighted by atomic mass is 19.4. The molecule has 15 heteroatoms. The maximum absolute atomic E-state index is 14.0. The van der Waals surface area contributed by atoms with Crippen molar-refractivity contribution < 1.29 is 44.6 Å². The van der Waals surface area contributed by atoms with Gasteiger partial charge in [0.1, 0.15) is 5.82 Å². The number of piperazine rings is 1. The molecular formula is C28H22F9N5O. The van der Waals surface area contributed by atoms with Crippen molar-refractivity contribution in [2.45, 2.75) is 31.4 Å². The van der Waals surface area contributed by atoms with Gasteiger partial charge in [0, 0.05) is 43.0 Å². The Morgan fingerprint density at radius 1 is 1.00 bits per heavy atom. The summed E-state index contributed by atoms with van der Waals surface area (Å²) in [5.74, 6) is -5.27. The zero-order valence-corrected chi connectivity index (χ0v) is 22.2. The van der Waals surface area contributed by atoms with Crippen LogP contribution in [0.15, 0.2) is 49.2 Å². The van der Waals surface area contributed by atoms with Crippen LogP contribution in [0.3, 0.4) is 0 Å². The van der Waals surface area contributed by atoms with Crippen LogP contribution in [0.5, 0.6) is 0 Å². The molecule has 1 unspecified atom stereocenters. The van der Waals surface area contributed by atoms with E-state index in [1.165, 1.54) is 4.90 Å². The number of benzene rings is 2. The number of imidazole rings is 1. The predicted octanol–water partition coefficient (Wildman–Crippen LogP) is 7.01. The number of aliphatic hydroxyl groups is 1. The molecule has 0 spiro atoms. The van der Waals surface area contributed by atoms with Gasteiger partial charge < -0.3 is 19.9 Å². The van der Waals surface area contributed by atoms with E-state index in [-0.39, 0.29) is 59.1 Å². The summed E-state index contributed by atoms with van der Waals surface area (Å²) in [6.45, 7) is 5.11. The van der Waals surface area contributed by atoms with Crippen LogP contribution >= 0.6 is 0 Å². The number of halogens is 9. The number of aromatic nitrogens is 3. The van der Waals surface area contributed by atoms with E-state index < -0.39 is 53.1 Å². The summed E-state index contributed by atoms with van der Waals surface area (Å²) in [6.07, 6.45) is -8.79. The Hall–Kier alpha value is -4.27. The summed E-state index contributed by atoms with van der Waals surface area (Å²) in [5.41, 5.74) is -3.19. The van der Waals surface area contributed by atoms with Gasteiger partial charge in [0.2, 0.25) is 5.95 Å². The van der Waals surface area contributed by atoms with Crippen molar-refractivity contribution in [3.63, 3.8) is 0 Å². The van der Waals surface area contributed by atoms with E-state index in [0.717, 1.165) is 24.4 Å². The molecule has 1 aliphatic rings. The Bertz CT molecular complexity index is 1680. The minimum absolute atomic E-state index is 0.00548. The van der Waals surface area contributed by atoms with Gasteiger partial charge in [-0.05, 0) is 42.8 Å². The molecule has 2 N–H and O–H groups in total. The Morgan fingerprint density at radius 2 is 1.67 bits per heavy atom. The number of hydrogen-bond donors (Lipinski definition) is 2. The number of nitrogens with zero attached hydrogens (tertiary/aromatic N) is 4. The SMILES string of the molecule is C=CC(O)c1cnc(N2CCN(c3nc4c(-c5cc(F)c(F)c(F)c5)cc(C(F)(F)F)cc4[nH]3)[C@@H](C)C2)c(C(F)(F)F)c1. The Balaban J connectivity index is 1.51. The normalized spacial score (nSPS) is 17.0. The van der Waals surface area contributed by atoms with Crippen molar-refractivity contribution in [2.24, 2.45) is 0 Å². The van der Waals surface area contributed by atoms with Gasteiger partial charge >= 0.3 is 12.4 Å². The molecule has 5 rings (SSSR count). The number of fused-ring (bicyclic) bond motifs is 1. The summed E-state index contributed by atoms with van der Waals surface area (Å²) in [4.78, 5) is 14.1. The summed E-state index contributed by atoms with van der Waals surface area (Å²) >= 11 is 0. The number of hydrogen-bond acceptors (Lipinski definition) is 5. The lowest BCUT2D eigenvalue weighted by molar-refractivity contribution is -0.138. The first kappa shape index (κ1) is 30.2. The minimum Gasteiger partial charge on any atom is -0.384 e. The lowest BCUT2D eigenvalue weighted by atomic mass is 10.0. The van der Waals surface area contributed by atoms with Crippen LogP contribution in [0, 0.1) is 17.5 Å². The van der Waals surface area contributed by atoms with Crippen LogP contribution in [0.4, 0.5) is 51.3 Å². The molecule has 0 amide bonds. The third-order valence-corrected chi connectivity index (χ3v) is 7.15. The number of aliphatic hydroxyl groups excluding tert-OH is 1. The van der Waals surface area contributed by atoms with E-state index >= 15 is 0 Å². The largest absolute Gasteiger partial charge is 0.419 e. The molecule has 228 valence electrons. The predicted molar refractivity (Wildman–Crippen MR) is 140 cm³/mol. The monoisotopic (exact) mass is 615 g/mol. The molecule has 2 aromatic heterocycles. The molecule has 2 atom stereocenters. The van der Waals surface area contributed by atoms with E-state index in [1.807, 2.05) is 0 Å². The van der Waals surface area contributed by atoms with Crippen molar-refractivity contribution in [3.05, 3.63) is 83.3 Å². The molecule has 0 aliphatic carbocycles. The van der Waals surface area contributed by atoms with E-state index in [2.05, 4.69) is 21.5 Å². The Kier molecular flexibility index (Phi) is 7.57. The second kappa shape index (κ2) is 10.8. The number of pyridine rings is 1. The van der Waals surface area contributed by atoms with Crippen molar-refractivity contribution in [1.29, 1.82) is 0 Å². The minimum atomic E-state index is -4.84. The molecule has 2 aromatic carbocycles. The highest BCUT2D eigenvalue weighted by Gasteiger charge is 2.39. The summed E-state index contributed by atoms with van der Waals surface area (Å²) in [7, 11) is 0. The van der Waals surface area contributed by atoms with Crippen LogP contribution in [0.1, 0.15) is 29.7 Å². The molecule has 4 aromatic rings. The molecule has 0 radical (unpaired) electrons. The molecule has 0 saturated carbocycles. The second-order valence-corrected chi connectivity index (χ2v) is 10.0. The molecular weight excluding hydrogens is 593 g/mol. The highest BCUT2D eigenvalue weighted by molar-refractivity contribution is 5.94. The molecule has 1 saturated heterocycles. The molecule has 3 heterocycles. The maximum atomic E-state index is 14.0. The number of H-pyrrole nitrogens is 1. The van der Waals surface area contributed by atoms with Gasteiger partial charge in [-0.3, -0.25) is 0 Å². The van der Waals surface area contributed by atoms with Gasteiger partial charge in [-0.2, -0.15) is 26.3 Å². The summed E-state index contributed by atoms with van der Waals surface area (Å²) in [5, 5.41) is 9.90. The van der Waals surface area contributed by atoms with Gasteiger partial charge in [-0.25, -0.2) is 23.1 Å². The fraction of sp³-hybridized carbons (Fsp3) is 0.286. The number of alkyl halides is 6. The third kappa shape index (κ3) is 5.72. The number of rotatable bonds is 5. The summed E-state index contributed by atoms with van der Waals surface area (Å²) < 4.78 is 124. The number of nitrogens with one attached hydrogen (secondary N) is 1. The van der Waals surface area contributed by atoms with Gasteiger partial charge in [0.05, 0.1) is 28.3 Å². The standard InChI is InChI=1S/C28H22F9N5O/c1-3-22(43)15-6-18(28(35,36)37)25(38-11-15)41-4-5-42(13(2)12-41)26-39-21-10-16(27(32,33)34)9-17(24(21)40-26)14-7-19(29)23(31)20(30)8-14/h3,6-11,13,22,43H,1,4-5,12H2,2H3,(H,39,40)/t13-,22?/m0/s1. The first-order chi connectivity index (χ1) is 20.1. The first-order valence-electron chi connectivity index (χ1n) is 12.7. The molecule has 0 bridgehead atoms. The molecule has 6 nitrogen and oxygen atoms in total. The van der Waals surface area contributed by atoms with Crippen LogP contribution in [-0.4, -0.2) is 45.7 Å². The average Bonchev–Trinajstić information content (AvgIpc) is 3.37. The first-order valence-corrected chi connectivity index (χ1v) is 12.7. The fourth-order valence-electron chi connectivity index (χ4n) is 5.03. The molecule has 1 fully saturated rings. The summed E-state index contributed by atoms with van der Waals surface area (Å²) in [6, 6.07) is 2.80. The van der Waals surface area contributed by atoms with Crippen molar-refractivity contribution in [3.8, 4) is 11.1 Å². The smallest absolute Gasteiger partial charge is 0.384 e.